The maximum atomic E-state index is 12.4. The van der Waals surface area contributed by atoms with Crippen molar-refractivity contribution in [2.45, 2.75) is 19.0 Å². The number of ether oxygens (including phenoxy) is 1. The van der Waals surface area contributed by atoms with Crippen molar-refractivity contribution in [1.82, 2.24) is 14.9 Å². The van der Waals surface area contributed by atoms with Crippen LogP contribution in [-0.2, 0) is 9.59 Å². The quantitative estimate of drug-likeness (QED) is 0.422. The molecule has 0 bridgehead atoms. The number of anilines is 4. The van der Waals surface area contributed by atoms with Crippen molar-refractivity contribution in [3.05, 3.63) is 60.9 Å². The van der Waals surface area contributed by atoms with Crippen LogP contribution in [0.25, 0.3) is 0 Å². The minimum absolute atomic E-state index is 0.264. The molecule has 2 aliphatic heterocycles. The first-order valence-corrected chi connectivity index (χ1v) is 11.8. The maximum absolute atomic E-state index is 12.4. The van der Waals surface area contributed by atoms with Crippen molar-refractivity contribution >= 4 is 35.2 Å². The van der Waals surface area contributed by atoms with E-state index in [0.717, 1.165) is 30.6 Å². The van der Waals surface area contributed by atoms with E-state index in [-0.39, 0.29) is 11.8 Å². The number of nitrogens with two attached hydrogens (primary N) is 1. The number of carbonyl (C=O) groups excluding carboxylic acids is 2. The van der Waals surface area contributed by atoms with E-state index >= 15 is 0 Å². The van der Waals surface area contributed by atoms with Gasteiger partial charge in [0.15, 0.2) is 24.1 Å². The molecule has 9 heteroatoms. The third-order valence-corrected chi connectivity index (χ3v) is 6.62. The van der Waals surface area contributed by atoms with Crippen LogP contribution in [0.2, 0.25) is 0 Å². The molecule has 1 fully saturated rings. The lowest BCUT2D eigenvalue weighted by Gasteiger charge is -2.35. The number of piperidine rings is 1. The lowest BCUT2D eigenvalue weighted by atomic mass is 9.96. The molecule has 1 saturated heterocycles. The third-order valence-electron chi connectivity index (χ3n) is 6.62. The minimum atomic E-state index is -0.634. The Morgan fingerprint density at radius 1 is 1.08 bits per heavy atom. The van der Waals surface area contributed by atoms with Crippen LogP contribution in [0.3, 0.4) is 0 Å². The Bertz CT molecular complexity index is 1280. The number of likely N-dealkylation sites (tertiary alicyclic amines) is 1. The first-order chi connectivity index (χ1) is 17.6. The molecule has 36 heavy (non-hydrogen) atoms. The zero-order chi connectivity index (χ0) is 25.1. The highest BCUT2D eigenvalue weighted by atomic mass is 16.5. The number of fused-ring (bicyclic) bond motifs is 1. The Balaban J connectivity index is 1.39. The van der Waals surface area contributed by atoms with E-state index in [1.54, 1.807) is 4.90 Å². The first-order valence-electron chi connectivity index (χ1n) is 11.8. The minimum Gasteiger partial charge on any atom is -0.457 e. The van der Waals surface area contributed by atoms with Gasteiger partial charge in [-0.25, -0.2) is 9.97 Å². The molecule has 0 radical (unpaired) electrons. The number of hydrogen-bond donors (Lipinski definition) is 1. The molecule has 2 aromatic carbocycles. The molecule has 2 N–H and O–H groups in total. The molecule has 3 aromatic rings. The fourth-order valence-electron chi connectivity index (χ4n) is 4.82. The first kappa shape index (κ1) is 23.2. The number of para-hydroxylation sites is 1. The van der Waals surface area contributed by atoms with Crippen molar-refractivity contribution < 1.29 is 14.3 Å². The molecule has 182 valence electrons. The standard InChI is InChI=1S/C27H26N6O3/c1-2-24(35)31-14-12-19(13-15-31)16-32-23(17-34)33(25-26(28)29-18-30-27(25)32)20-8-10-22(11-9-20)36-21-6-4-3-5-7-21/h1,3-11,17-19,23H,12-16H2,(H2,28,29,30). The van der Waals surface area contributed by atoms with Crippen LogP contribution >= 0.6 is 0 Å². The van der Waals surface area contributed by atoms with Crippen LogP contribution in [-0.4, -0.2) is 52.9 Å². The van der Waals surface area contributed by atoms with Gasteiger partial charge in [0.1, 0.15) is 23.5 Å². The van der Waals surface area contributed by atoms with Crippen molar-refractivity contribution in [2.75, 3.05) is 35.2 Å². The molecule has 9 nitrogen and oxygen atoms in total. The van der Waals surface area contributed by atoms with Crippen LogP contribution in [0.15, 0.2) is 60.9 Å². The summed E-state index contributed by atoms with van der Waals surface area (Å²) in [7, 11) is 0. The van der Waals surface area contributed by atoms with Crippen molar-refractivity contribution in [2.24, 2.45) is 5.92 Å². The Morgan fingerprint density at radius 2 is 1.78 bits per heavy atom. The van der Waals surface area contributed by atoms with Gasteiger partial charge in [-0.1, -0.05) is 18.2 Å². The molecule has 1 aromatic heterocycles. The second-order valence-electron chi connectivity index (χ2n) is 8.79. The Hall–Kier alpha value is -4.58. The van der Waals surface area contributed by atoms with E-state index in [1.807, 2.05) is 64.4 Å². The molecular weight excluding hydrogens is 456 g/mol. The number of carbonyl (C=O) groups is 2. The highest BCUT2D eigenvalue weighted by molar-refractivity contribution is 5.94. The van der Waals surface area contributed by atoms with Gasteiger partial charge in [0.05, 0.1) is 0 Å². The summed E-state index contributed by atoms with van der Waals surface area (Å²) in [6, 6.07) is 17.0. The molecule has 0 saturated carbocycles. The molecular formula is C27H26N6O3. The Kier molecular flexibility index (Phi) is 6.41. The van der Waals surface area contributed by atoms with Gasteiger partial charge in [-0.3, -0.25) is 9.59 Å². The smallest absolute Gasteiger partial charge is 0.298 e. The summed E-state index contributed by atoms with van der Waals surface area (Å²) in [4.78, 5) is 38.5. The van der Waals surface area contributed by atoms with Crippen molar-refractivity contribution in [1.29, 1.82) is 0 Å². The summed E-state index contributed by atoms with van der Waals surface area (Å²) in [5, 5.41) is 0. The highest BCUT2D eigenvalue weighted by Crippen LogP contribution is 2.46. The summed E-state index contributed by atoms with van der Waals surface area (Å²) in [6.07, 6.45) is 8.52. The van der Waals surface area contributed by atoms with Crippen LogP contribution in [0.5, 0.6) is 11.5 Å². The summed E-state index contributed by atoms with van der Waals surface area (Å²) < 4.78 is 5.91. The number of aromatic nitrogens is 2. The van der Waals surface area contributed by atoms with E-state index in [1.165, 1.54) is 6.33 Å². The number of nitrogen functional groups attached to an aromatic ring is 1. The Morgan fingerprint density at radius 3 is 2.44 bits per heavy atom. The van der Waals surface area contributed by atoms with Gasteiger partial charge in [0.2, 0.25) is 0 Å². The number of hydrogen-bond acceptors (Lipinski definition) is 8. The topological polar surface area (TPSA) is 105 Å². The monoisotopic (exact) mass is 482 g/mol. The number of amides is 1. The number of aldehydes is 1. The SMILES string of the molecule is C#CC(=O)N1CCC(CN2c3ncnc(N)c3N(c3ccc(Oc4ccccc4)cc3)C2C=O)CC1. The lowest BCUT2D eigenvalue weighted by molar-refractivity contribution is -0.126. The fourth-order valence-corrected chi connectivity index (χ4v) is 4.82. The third kappa shape index (κ3) is 4.41. The fraction of sp³-hybridized carbons (Fsp3) is 0.259. The summed E-state index contributed by atoms with van der Waals surface area (Å²) >= 11 is 0. The largest absolute Gasteiger partial charge is 0.457 e. The average molecular weight is 483 g/mol. The van der Waals surface area contributed by atoms with Gasteiger partial charge in [0, 0.05) is 25.3 Å². The summed E-state index contributed by atoms with van der Waals surface area (Å²) in [6.45, 7) is 1.79. The van der Waals surface area contributed by atoms with E-state index in [9.17, 15) is 9.59 Å². The molecule has 0 spiro atoms. The number of benzene rings is 2. The number of nitrogens with zero attached hydrogens (tertiary/aromatic N) is 5. The molecule has 5 rings (SSSR count). The average Bonchev–Trinajstić information content (AvgIpc) is 3.24. The lowest BCUT2D eigenvalue weighted by Crippen LogP contribution is -2.47. The molecule has 0 aliphatic carbocycles. The zero-order valence-electron chi connectivity index (χ0n) is 19.7. The van der Waals surface area contributed by atoms with E-state index < -0.39 is 6.17 Å². The van der Waals surface area contributed by atoms with E-state index in [0.29, 0.717) is 42.7 Å². The van der Waals surface area contributed by atoms with E-state index in [2.05, 4.69) is 15.9 Å². The number of terminal acetylenes is 1. The summed E-state index contributed by atoms with van der Waals surface area (Å²) in [5.41, 5.74) is 7.66. The van der Waals surface area contributed by atoms with Gasteiger partial charge in [-0.05, 0) is 61.1 Å². The zero-order valence-corrected chi connectivity index (χ0v) is 19.7. The maximum Gasteiger partial charge on any atom is 0.298 e. The predicted octanol–water partition coefficient (Wildman–Crippen LogP) is 3.21. The summed E-state index contributed by atoms with van der Waals surface area (Å²) in [5.74, 6) is 4.50. The van der Waals surface area contributed by atoms with Gasteiger partial charge in [0.25, 0.3) is 5.91 Å². The van der Waals surface area contributed by atoms with Gasteiger partial charge < -0.3 is 25.2 Å². The molecule has 1 unspecified atom stereocenters. The Labute approximate surface area is 209 Å². The molecule has 1 amide bonds. The highest BCUT2D eigenvalue weighted by Gasteiger charge is 2.41. The van der Waals surface area contributed by atoms with E-state index in [4.69, 9.17) is 16.9 Å². The van der Waals surface area contributed by atoms with Gasteiger partial charge in [-0.2, -0.15) is 0 Å². The van der Waals surface area contributed by atoms with Gasteiger partial charge >= 0.3 is 0 Å². The predicted molar refractivity (Wildman–Crippen MR) is 137 cm³/mol. The molecule has 3 heterocycles. The van der Waals surface area contributed by atoms with Crippen LogP contribution in [0, 0.1) is 18.3 Å². The van der Waals surface area contributed by atoms with Crippen LogP contribution < -0.4 is 20.3 Å². The second kappa shape index (κ2) is 9.96. The molecule has 2 aliphatic rings. The van der Waals surface area contributed by atoms with Crippen LogP contribution in [0.4, 0.5) is 23.0 Å². The second-order valence-corrected chi connectivity index (χ2v) is 8.79. The van der Waals surface area contributed by atoms with Crippen molar-refractivity contribution in [3.63, 3.8) is 0 Å². The molecule has 1 atom stereocenters. The van der Waals surface area contributed by atoms with Gasteiger partial charge in [-0.15, -0.1) is 6.42 Å². The van der Waals surface area contributed by atoms with Crippen LogP contribution in [0.1, 0.15) is 12.8 Å². The van der Waals surface area contributed by atoms with Crippen molar-refractivity contribution in [3.8, 4) is 23.8 Å². The number of rotatable bonds is 6. The normalized spacial score (nSPS) is 17.4.